The molecule has 0 radical (unpaired) electrons. The van der Waals surface area contributed by atoms with Gasteiger partial charge in [-0.2, -0.15) is 0 Å². The van der Waals surface area contributed by atoms with Crippen molar-refractivity contribution in [1.29, 1.82) is 0 Å². The van der Waals surface area contributed by atoms with Gasteiger partial charge in [0.2, 0.25) is 0 Å². The van der Waals surface area contributed by atoms with Crippen LogP contribution in [0.1, 0.15) is 13.3 Å². The summed E-state index contributed by atoms with van der Waals surface area (Å²) < 4.78 is 0. The molecule has 4 nitrogen and oxygen atoms in total. The van der Waals surface area contributed by atoms with Crippen LogP contribution in [0.5, 0.6) is 0 Å². The van der Waals surface area contributed by atoms with E-state index in [2.05, 4.69) is 22.2 Å². The maximum Gasteiger partial charge on any atom is 0.137 e. The third-order valence-electron chi connectivity index (χ3n) is 3.47. The predicted octanol–water partition coefficient (Wildman–Crippen LogP) is 2.28. The molecule has 2 aromatic rings. The summed E-state index contributed by atoms with van der Waals surface area (Å²) in [5, 5.41) is 4.40. The lowest BCUT2D eigenvalue weighted by molar-refractivity contribution is 0.785. The summed E-state index contributed by atoms with van der Waals surface area (Å²) in [6.07, 6.45) is 2.91. The van der Waals surface area contributed by atoms with Crippen LogP contribution in [0.15, 0.2) is 24.5 Å². The second-order valence-electron chi connectivity index (χ2n) is 4.85. The Hall–Kier alpha value is -1.84. The van der Waals surface area contributed by atoms with Gasteiger partial charge in [0.25, 0.3) is 0 Å². The van der Waals surface area contributed by atoms with E-state index in [1.54, 1.807) is 6.33 Å². The standard InChI is InChI=1S/C13H16N4/c1-8-4-9(8)6-15-13-11-5-10(14)2-3-12(11)16-7-17-13/h2-3,5,7-9H,4,6,14H2,1H3,(H,15,16,17). The van der Waals surface area contributed by atoms with E-state index in [1.165, 1.54) is 6.42 Å². The van der Waals surface area contributed by atoms with Crippen molar-refractivity contribution in [2.75, 3.05) is 17.6 Å². The fourth-order valence-corrected chi connectivity index (χ4v) is 2.13. The van der Waals surface area contributed by atoms with Gasteiger partial charge >= 0.3 is 0 Å². The number of nitrogen functional groups attached to an aromatic ring is 1. The van der Waals surface area contributed by atoms with Gasteiger partial charge in [-0.05, 0) is 36.5 Å². The third-order valence-corrected chi connectivity index (χ3v) is 3.47. The van der Waals surface area contributed by atoms with Gasteiger partial charge in [-0.25, -0.2) is 9.97 Å². The van der Waals surface area contributed by atoms with E-state index in [0.29, 0.717) is 0 Å². The molecular weight excluding hydrogens is 212 g/mol. The fourth-order valence-electron chi connectivity index (χ4n) is 2.13. The fraction of sp³-hybridized carbons (Fsp3) is 0.385. The van der Waals surface area contributed by atoms with Crippen molar-refractivity contribution in [2.24, 2.45) is 11.8 Å². The Morgan fingerprint density at radius 2 is 2.24 bits per heavy atom. The molecule has 88 valence electrons. The minimum Gasteiger partial charge on any atom is -0.399 e. The topological polar surface area (TPSA) is 63.8 Å². The Morgan fingerprint density at radius 3 is 3.00 bits per heavy atom. The molecule has 0 amide bonds. The van der Waals surface area contributed by atoms with Crippen molar-refractivity contribution in [3.05, 3.63) is 24.5 Å². The van der Waals surface area contributed by atoms with Crippen LogP contribution in [0.25, 0.3) is 10.9 Å². The van der Waals surface area contributed by atoms with Gasteiger partial charge in [0, 0.05) is 17.6 Å². The summed E-state index contributed by atoms with van der Waals surface area (Å²) in [6.45, 7) is 3.27. The molecule has 1 aromatic heterocycles. The summed E-state index contributed by atoms with van der Waals surface area (Å²) in [7, 11) is 0. The maximum absolute atomic E-state index is 5.80. The quantitative estimate of drug-likeness (QED) is 0.791. The van der Waals surface area contributed by atoms with Gasteiger partial charge in [0.15, 0.2) is 0 Å². The van der Waals surface area contributed by atoms with Crippen molar-refractivity contribution in [1.82, 2.24) is 9.97 Å². The number of anilines is 2. The van der Waals surface area contributed by atoms with Crippen molar-refractivity contribution in [3.8, 4) is 0 Å². The van der Waals surface area contributed by atoms with Crippen molar-refractivity contribution in [2.45, 2.75) is 13.3 Å². The third kappa shape index (κ3) is 2.02. The van der Waals surface area contributed by atoms with E-state index in [1.807, 2.05) is 18.2 Å². The molecule has 1 fully saturated rings. The molecule has 2 atom stereocenters. The van der Waals surface area contributed by atoms with Gasteiger partial charge in [-0.1, -0.05) is 6.92 Å². The van der Waals surface area contributed by atoms with Crippen LogP contribution in [-0.2, 0) is 0 Å². The van der Waals surface area contributed by atoms with Crippen LogP contribution >= 0.6 is 0 Å². The minimum absolute atomic E-state index is 0.745. The second-order valence-corrected chi connectivity index (χ2v) is 4.85. The molecule has 3 rings (SSSR count). The zero-order valence-corrected chi connectivity index (χ0v) is 9.85. The summed E-state index contributed by atoms with van der Waals surface area (Å²) >= 11 is 0. The first kappa shape index (κ1) is 10.3. The van der Waals surface area contributed by atoms with E-state index in [9.17, 15) is 0 Å². The highest BCUT2D eigenvalue weighted by molar-refractivity contribution is 5.91. The first-order valence-corrected chi connectivity index (χ1v) is 5.98. The average Bonchev–Trinajstić information content (AvgIpc) is 3.03. The van der Waals surface area contributed by atoms with Crippen LogP contribution in [0, 0.1) is 11.8 Å². The molecule has 1 heterocycles. The molecule has 0 bridgehead atoms. The van der Waals surface area contributed by atoms with Crippen molar-refractivity contribution in [3.63, 3.8) is 0 Å². The number of hydrogen-bond acceptors (Lipinski definition) is 4. The van der Waals surface area contributed by atoms with E-state index in [-0.39, 0.29) is 0 Å². The normalized spacial score (nSPS) is 22.6. The highest BCUT2D eigenvalue weighted by atomic mass is 15.0. The molecule has 0 spiro atoms. The first-order chi connectivity index (χ1) is 8.24. The molecule has 2 unspecified atom stereocenters. The van der Waals surface area contributed by atoms with E-state index in [4.69, 9.17) is 5.73 Å². The zero-order valence-electron chi connectivity index (χ0n) is 9.85. The molecule has 0 saturated heterocycles. The molecule has 1 aliphatic rings. The second kappa shape index (κ2) is 3.87. The SMILES string of the molecule is CC1CC1CNc1ncnc2ccc(N)cc12. The number of nitrogens with one attached hydrogen (secondary N) is 1. The lowest BCUT2D eigenvalue weighted by Crippen LogP contribution is -2.06. The van der Waals surface area contributed by atoms with Gasteiger partial charge in [0.1, 0.15) is 12.1 Å². The molecule has 1 aliphatic carbocycles. The molecule has 1 saturated carbocycles. The number of benzene rings is 1. The first-order valence-electron chi connectivity index (χ1n) is 5.98. The largest absolute Gasteiger partial charge is 0.399 e. The number of fused-ring (bicyclic) bond motifs is 1. The van der Waals surface area contributed by atoms with Crippen LogP contribution in [0.4, 0.5) is 11.5 Å². The Balaban J connectivity index is 1.89. The number of rotatable bonds is 3. The summed E-state index contributed by atoms with van der Waals surface area (Å²) in [5.41, 5.74) is 7.48. The van der Waals surface area contributed by atoms with Crippen LogP contribution < -0.4 is 11.1 Å². The number of nitrogens with zero attached hydrogens (tertiary/aromatic N) is 2. The van der Waals surface area contributed by atoms with Crippen LogP contribution in [-0.4, -0.2) is 16.5 Å². The van der Waals surface area contributed by atoms with Crippen molar-refractivity contribution < 1.29 is 0 Å². The zero-order chi connectivity index (χ0) is 11.8. The Morgan fingerprint density at radius 1 is 1.41 bits per heavy atom. The van der Waals surface area contributed by atoms with Crippen LogP contribution in [0.2, 0.25) is 0 Å². The lowest BCUT2D eigenvalue weighted by Gasteiger charge is -2.08. The highest BCUT2D eigenvalue weighted by Gasteiger charge is 2.32. The summed E-state index contributed by atoms with van der Waals surface area (Å²) in [5.74, 6) is 2.53. The van der Waals surface area contributed by atoms with Crippen molar-refractivity contribution >= 4 is 22.4 Å². The molecule has 0 aliphatic heterocycles. The molecule has 4 heteroatoms. The van der Waals surface area contributed by atoms with Gasteiger partial charge < -0.3 is 11.1 Å². The highest BCUT2D eigenvalue weighted by Crippen LogP contribution is 2.37. The summed E-state index contributed by atoms with van der Waals surface area (Å²) in [4.78, 5) is 8.53. The molecule has 1 aromatic carbocycles. The van der Waals surface area contributed by atoms with Gasteiger partial charge in [-0.15, -0.1) is 0 Å². The van der Waals surface area contributed by atoms with E-state index >= 15 is 0 Å². The van der Waals surface area contributed by atoms with Gasteiger partial charge in [-0.3, -0.25) is 0 Å². The predicted molar refractivity (Wildman–Crippen MR) is 69.7 cm³/mol. The number of nitrogens with two attached hydrogens (primary N) is 1. The Labute approximate surface area is 100 Å². The number of aromatic nitrogens is 2. The maximum atomic E-state index is 5.80. The van der Waals surface area contributed by atoms with E-state index < -0.39 is 0 Å². The lowest BCUT2D eigenvalue weighted by atomic mass is 10.2. The summed E-state index contributed by atoms with van der Waals surface area (Å²) in [6, 6.07) is 5.72. The smallest absolute Gasteiger partial charge is 0.137 e. The Kier molecular flexibility index (Phi) is 2.35. The molecule has 17 heavy (non-hydrogen) atoms. The molecule has 3 N–H and O–H groups in total. The average molecular weight is 228 g/mol. The van der Waals surface area contributed by atoms with E-state index in [0.717, 1.165) is 40.8 Å². The minimum atomic E-state index is 0.745. The molecular formula is C13H16N4. The monoisotopic (exact) mass is 228 g/mol. The van der Waals surface area contributed by atoms with Crippen LogP contribution in [0.3, 0.4) is 0 Å². The Bertz CT molecular complexity index is 552. The number of hydrogen-bond donors (Lipinski definition) is 2. The van der Waals surface area contributed by atoms with Gasteiger partial charge in [0.05, 0.1) is 5.52 Å².